The molecule has 4 aliphatic rings. The van der Waals surface area contributed by atoms with E-state index in [9.17, 15) is 43.5 Å². The second-order valence-electron chi connectivity index (χ2n) is 16.9. The Morgan fingerprint density at radius 3 is 2.45 bits per heavy atom. The Morgan fingerprint density at radius 2 is 1.75 bits per heavy atom. The summed E-state index contributed by atoms with van der Waals surface area (Å²) in [5, 5.41) is 22.4. The second kappa shape index (κ2) is 22.6. The number of nitrogens with zero attached hydrogens (tertiary/aromatic N) is 1. The zero-order valence-corrected chi connectivity index (χ0v) is 37.7. The molecule has 0 saturated carbocycles. The third kappa shape index (κ3) is 12.5. The molecule has 3 aliphatic heterocycles. The largest absolute Gasteiger partial charge is 0.439 e. The van der Waals surface area contributed by atoms with Crippen LogP contribution in [-0.4, -0.2) is 108 Å². The average Bonchev–Trinajstić information content (AvgIpc) is 3.59. The van der Waals surface area contributed by atoms with Crippen molar-refractivity contribution in [2.24, 2.45) is 17.6 Å². The Bertz CT molecular complexity index is 2230. The number of imide groups is 1. The highest BCUT2D eigenvalue weighted by molar-refractivity contribution is 6.23. The highest BCUT2D eigenvalue weighted by Crippen LogP contribution is 2.33. The zero-order valence-electron chi connectivity index (χ0n) is 37.7. The molecular weight excluding hydrogens is 841 g/mol. The minimum absolute atomic E-state index is 0.102. The number of piperidine rings is 1. The molecule has 18 heteroatoms. The molecule has 3 heterocycles. The number of carbonyl (C=O) groups is 8. The number of anilines is 1. The number of unbranched alkanes of at least 4 members (excludes halogenated alkanes) is 2. The molecule has 1 fully saturated rings. The number of primary amides is 1. The number of nitrogens with two attached hydrogens (primary N) is 1. The van der Waals surface area contributed by atoms with E-state index in [-0.39, 0.29) is 84.8 Å². The number of Topliss-reactive ketones (excluding diaryl/α,β-unsaturated/α-hetero) is 1. The van der Waals surface area contributed by atoms with Crippen LogP contribution in [0.3, 0.4) is 0 Å². The number of hydrogen-bond donors (Lipinski definition) is 6. The molecule has 1 saturated heterocycles. The maximum Gasteiger partial charge on any atom is 0.405 e. The maximum atomic E-state index is 14.1. The van der Waals surface area contributed by atoms with Crippen LogP contribution in [0.2, 0.25) is 0 Å². The molecule has 1 aliphatic carbocycles. The van der Waals surface area contributed by atoms with Gasteiger partial charge < -0.3 is 45.9 Å². The van der Waals surface area contributed by atoms with Crippen LogP contribution in [0.4, 0.5) is 10.5 Å². The van der Waals surface area contributed by atoms with E-state index < -0.39 is 65.8 Å². The number of aliphatic hydroxyl groups excluding tert-OH is 1. The van der Waals surface area contributed by atoms with Crippen molar-refractivity contribution in [1.82, 2.24) is 20.9 Å². The molecule has 0 spiro atoms. The molecule has 5 rings (SSSR count). The molecular formula is C47H60N6O12. The van der Waals surface area contributed by atoms with Gasteiger partial charge in [-0.15, -0.1) is 0 Å². The minimum Gasteiger partial charge on any atom is -0.439 e. The lowest BCUT2D eigenvalue weighted by atomic mass is 9.85. The minimum atomic E-state index is -1.03. The van der Waals surface area contributed by atoms with Gasteiger partial charge in [0.25, 0.3) is 11.8 Å². The number of carbonyl (C=O) groups excluding carboxylic acids is 8. The fraction of sp³-hybridized carbons (Fsp3) is 0.489. The molecule has 350 valence electrons. The molecule has 7 atom stereocenters. The highest BCUT2D eigenvalue weighted by Gasteiger charge is 2.40. The predicted molar refractivity (Wildman–Crippen MR) is 237 cm³/mol. The van der Waals surface area contributed by atoms with Crippen molar-refractivity contribution in [3.8, 4) is 0 Å². The van der Waals surface area contributed by atoms with Crippen molar-refractivity contribution in [2.45, 2.75) is 116 Å². The Kier molecular flexibility index (Phi) is 17.3. The van der Waals surface area contributed by atoms with Gasteiger partial charge in [-0.2, -0.15) is 0 Å². The monoisotopic (exact) mass is 900 g/mol. The number of amides is 6. The third-order valence-corrected chi connectivity index (χ3v) is 12.0. The third-order valence-electron chi connectivity index (χ3n) is 12.0. The van der Waals surface area contributed by atoms with Gasteiger partial charge in [-0.05, 0) is 69.6 Å². The second-order valence-corrected chi connectivity index (χ2v) is 16.9. The zero-order chi connectivity index (χ0) is 47.5. The molecule has 7 N–H and O–H groups in total. The number of ether oxygens (including phenoxy) is 3. The molecule has 1 aromatic rings. The van der Waals surface area contributed by atoms with Crippen molar-refractivity contribution in [3.05, 3.63) is 87.8 Å². The van der Waals surface area contributed by atoms with Crippen LogP contribution in [0.1, 0.15) is 95.0 Å². The van der Waals surface area contributed by atoms with Crippen LogP contribution < -0.4 is 27.0 Å². The molecule has 18 nitrogen and oxygen atoms in total. The number of aliphatic hydroxyl groups is 1. The van der Waals surface area contributed by atoms with Gasteiger partial charge in [0, 0.05) is 80.1 Å². The van der Waals surface area contributed by atoms with Crippen molar-refractivity contribution in [2.75, 3.05) is 26.1 Å². The lowest BCUT2D eigenvalue weighted by Gasteiger charge is -2.30. The van der Waals surface area contributed by atoms with Gasteiger partial charge in [0.2, 0.25) is 29.3 Å². The first-order chi connectivity index (χ1) is 30.9. The normalized spacial score (nSPS) is 28.0. The van der Waals surface area contributed by atoms with E-state index in [0.717, 1.165) is 6.08 Å². The van der Waals surface area contributed by atoms with Crippen LogP contribution in [-0.2, 0) is 49.5 Å². The summed E-state index contributed by atoms with van der Waals surface area (Å²) in [7, 11) is 2.88. The smallest absolute Gasteiger partial charge is 0.405 e. The van der Waals surface area contributed by atoms with Gasteiger partial charge in [-0.1, -0.05) is 50.6 Å². The number of hydrogen-bond acceptors (Lipinski definition) is 13. The van der Waals surface area contributed by atoms with Crippen molar-refractivity contribution in [1.29, 1.82) is 0 Å². The van der Waals surface area contributed by atoms with Crippen LogP contribution in [0.5, 0.6) is 0 Å². The summed E-state index contributed by atoms with van der Waals surface area (Å²) in [5.41, 5.74) is 7.70. The van der Waals surface area contributed by atoms with E-state index >= 15 is 0 Å². The first-order valence-corrected chi connectivity index (χ1v) is 21.8. The molecule has 0 aromatic heterocycles. The molecule has 0 radical (unpaired) electrons. The predicted octanol–water partition coefficient (Wildman–Crippen LogP) is 3.31. The summed E-state index contributed by atoms with van der Waals surface area (Å²) >= 11 is 0. The molecule has 6 amide bonds. The summed E-state index contributed by atoms with van der Waals surface area (Å²) in [6, 6.07) is 4.23. The van der Waals surface area contributed by atoms with Crippen LogP contribution >= 0.6 is 0 Å². The fourth-order valence-electron chi connectivity index (χ4n) is 8.49. The molecule has 65 heavy (non-hydrogen) atoms. The summed E-state index contributed by atoms with van der Waals surface area (Å²) in [5.74, 6) is -3.97. The first-order valence-electron chi connectivity index (χ1n) is 21.8. The quantitative estimate of drug-likeness (QED) is 0.0763. The summed E-state index contributed by atoms with van der Waals surface area (Å²) in [6.07, 6.45) is 5.41. The number of benzene rings is 1. The topological polar surface area (TPSA) is 262 Å². The fourth-order valence-corrected chi connectivity index (χ4v) is 8.49. The van der Waals surface area contributed by atoms with Crippen LogP contribution in [0, 0.1) is 11.8 Å². The van der Waals surface area contributed by atoms with Gasteiger partial charge in [-0.3, -0.25) is 38.9 Å². The van der Waals surface area contributed by atoms with E-state index in [0.29, 0.717) is 48.2 Å². The Hall–Kier alpha value is -6.24. The van der Waals surface area contributed by atoms with Gasteiger partial charge in [0.05, 0.1) is 23.6 Å². The number of fused-ring (bicyclic) bond motifs is 3. The van der Waals surface area contributed by atoms with Gasteiger partial charge in [-0.25, -0.2) is 4.79 Å². The van der Waals surface area contributed by atoms with E-state index in [2.05, 4.69) is 21.3 Å². The van der Waals surface area contributed by atoms with E-state index in [1.807, 2.05) is 6.92 Å². The number of rotatable bonds is 12. The van der Waals surface area contributed by atoms with E-state index in [4.69, 9.17) is 19.9 Å². The highest BCUT2D eigenvalue weighted by atomic mass is 16.6. The number of nitrogens with one attached hydrogen (secondary N) is 4. The Labute approximate surface area is 378 Å². The van der Waals surface area contributed by atoms with Crippen molar-refractivity contribution in [3.63, 3.8) is 0 Å². The molecule has 1 unspecified atom stereocenters. The summed E-state index contributed by atoms with van der Waals surface area (Å²) < 4.78 is 16.7. The van der Waals surface area contributed by atoms with Crippen molar-refractivity contribution >= 4 is 52.9 Å². The summed E-state index contributed by atoms with van der Waals surface area (Å²) in [6.45, 7) is 7.32. The lowest BCUT2D eigenvalue weighted by Crippen LogP contribution is -2.52. The average molecular weight is 901 g/mol. The van der Waals surface area contributed by atoms with Crippen molar-refractivity contribution < 1.29 is 57.7 Å². The van der Waals surface area contributed by atoms with E-state index in [1.165, 1.54) is 38.2 Å². The number of ketones is 2. The number of methoxy groups -OCH3 is 2. The Morgan fingerprint density at radius 1 is 1.00 bits per heavy atom. The Balaban J connectivity index is 1.25. The van der Waals surface area contributed by atoms with Gasteiger partial charge >= 0.3 is 6.09 Å². The van der Waals surface area contributed by atoms with Crippen LogP contribution in [0.25, 0.3) is 0 Å². The maximum absolute atomic E-state index is 14.1. The van der Waals surface area contributed by atoms with Crippen LogP contribution in [0.15, 0.2) is 76.7 Å². The van der Waals surface area contributed by atoms with Gasteiger partial charge in [0.15, 0.2) is 6.10 Å². The molecule has 2 bridgehead atoms. The lowest BCUT2D eigenvalue weighted by molar-refractivity contribution is -0.137. The SMILES string of the molecule is CO[C@H]1/C=C\C=C(\C)C(=O)NC2=CC(=O)C(NCCCCCC(=O)Nc3cccc4c3CN(C3CCC(=O)NC3=O)C4=O)=C(C[C@@H](C)C[C@H](OC)[C@@H](O)[C@@H](C)/C=C(/C)[C@@H]1OC(N)=O)C2=O. The molecule has 1 aromatic carbocycles. The van der Waals surface area contributed by atoms with E-state index in [1.54, 1.807) is 44.2 Å². The van der Waals surface area contributed by atoms with Gasteiger partial charge in [0.1, 0.15) is 12.1 Å². The standard InChI is InChI=1S/C47H60N6O12/c1-25-20-30-40(49-19-9-7-8-16-38(55)50-32-14-11-13-29-31(32)24-53(46(29)61)34-17-18-39(56)52-45(34)60)35(54)23-33(42(30)58)51-44(59)26(2)12-10-15-36(63-5)43(65-47(48)62)28(4)22-27(3)41(57)37(21-25)64-6/h10-15,22-23,25,27,34,36-37,41,43,49,57H,7-9,16-21,24H2,1-6H3,(H2,48,62)(H,50,55)(H,51,59)(H,52,56,60)/b15-10-,26-12-,28-22-/t25-,27+,34?,36+,37+,41+,43+/m1/s1. The first kappa shape index (κ1) is 49.8. The summed E-state index contributed by atoms with van der Waals surface area (Å²) in [4.78, 5) is 105. The number of allylic oxidation sites excluding steroid dienone is 4.